The quantitative estimate of drug-likeness (QED) is 0.889. The van der Waals surface area contributed by atoms with Crippen molar-refractivity contribution in [1.82, 2.24) is 19.5 Å². The Labute approximate surface area is 144 Å². The van der Waals surface area contributed by atoms with Crippen molar-refractivity contribution in [1.29, 1.82) is 0 Å². The van der Waals surface area contributed by atoms with Crippen LogP contribution in [0.25, 0.3) is 5.65 Å². The van der Waals surface area contributed by atoms with E-state index in [0.717, 1.165) is 31.7 Å². The summed E-state index contributed by atoms with van der Waals surface area (Å²) < 4.78 is 12.0. The molecule has 134 valence electrons. The van der Waals surface area contributed by atoms with Crippen LogP contribution in [-0.2, 0) is 16.0 Å². The summed E-state index contributed by atoms with van der Waals surface area (Å²) in [6.07, 6.45) is 1.84. The summed E-state index contributed by atoms with van der Waals surface area (Å²) >= 11 is 0. The SMILES string of the molecule is COC[C@H](C)N1Cc2c(nc3cc(C4CCOCC4)[nH]n3c2=O)C1=O. The Bertz CT molecular complexity index is 865. The molecule has 2 aromatic heterocycles. The van der Waals surface area contributed by atoms with Gasteiger partial charge in [0.25, 0.3) is 11.5 Å². The molecule has 1 saturated heterocycles. The van der Waals surface area contributed by atoms with E-state index in [0.29, 0.717) is 23.7 Å². The fraction of sp³-hybridized carbons (Fsp3) is 0.588. The molecular weight excluding hydrogens is 324 g/mol. The van der Waals surface area contributed by atoms with Crippen LogP contribution in [0.3, 0.4) is 0 Å². The zero-order valence-corrected chi connectivity index (χ0v) is 14.4. The number of nitrogens with zero attached hydrogens (tertiary/aromatic N) is 3. The molecule has 0 bridgehead atoms. The van der Waals surface area contributed by atoms with Gasteiger partial charge in [-0.15, -0.1) is 0 Å². The molecule has 0 aliphatic carbocycles. The maximum absolute atomic E-state index is 12.8. The number of carbonyl (C=O) groups is 1. The van der Waals surface area contributed by atoms with Crippen molar-refractivity contribution in [3.05, 3.63) is 33.4 Å². The minimum absolute atomic E-state index is 0.104. The minimum Gasteiger partial charge on any atom is -0.383 e. The fourth-order valence-electron chi connectivity index (χ4n) is 3.68. The zero-order valence-electron chi connectivity index (χ0n) is 14.4. The lowest BCUT2D eigenvalue weighted by Crippen LogP contribution is -2.36. The molecular formula is C17H22N4O4. The molecule has 8 heteroatoms. The molecule has 1 N–H and O–H groups in total. The lowest BCUT2D eigenvalue weighted by Gasteiger charge is -2.22. The number of fused-ring (bicyclic) bond motifs is 2. The Kier molecular flexibility index (Phi) is 4.09. The van der Waals surface area contributed by atoms with Crippen molar-refractivity contribution >= 4 is 11.6 Å². The van der Waals surface area contributed by atoms with Crippen LogP contribution in [0.5, 0.6) is 0 Å². The normalized spacial score (nSPS) is 19.6. The Morgan fingerprint density at radius 1 is 1.40 bits per heavy atom. The van der Waals surface area contributed by atoms with Crippen LogP contribution in [0, 0.1) is 0 Å². The number of aromatic amines is 1. The highest BCUT2D eigenvalue weighted by molar-refractivity contribution is 5.97. The van der Waals surface area contributed by atoms with Crippen LogP contribution in [0.1, 0.15) is 47.4 Å². The molecule has 4 rings (SSSR count). The summed E-state index contributed by atoms with van der Waals surface area (Å²) in [6, 6.07) is 1.78. The number of carbonyl (C=O) groups excluding carboxylic acids is 1. The summed E-state index contributed by atoms with van der Waals surface area (Å²) in [6.45, 7) is 4.05. The smallest absolute Gasteiger partial charge is 0.278 e. The average Bonchev–Trinajstić information content (AvgIpc) is 3.19. The van der Waals surface area contributed by atoms with Crippen LogP contribution in [0.15, 0.2) is 10.9 Å². The first kappa shape index (κ1) is 16.3. The molecule has 4 heterocycles. The number of ether oxygens (including phenoxy) is 2. The van der Waals surface area contributed by atoms with Gasteiger partial charge in [0.05, 0.1) is 24.8 Å². The first-order chi connectivity index (χ1) is 12.1. The molecule has 0 radical (unpaired) electrons. The van der Waals surface area contributed by atoms with Crippen molar-refractivity contribution in [3.63, 3.8) is 0 Å². The van der Waals surface area contributed by atoms with Gasteiger partial charge in [0, 0.05) is 38.0 Å². The summed E-state index contributed by atoms with van der Waals surface area (Å²) in [5, 5.41) is 3.18. The molecule has 1 atom stereocenters. The monoisotopic (exact) mass is 346 g/mol. The van der Waals surface area contributed by atoms with Gasteiger partial charge >= 0.3 is 0 Å². The summed E-state index contributed by atoms with van der Waals surface area (Å²) in [7, 11) is 1.60. The predicted molar refractivity (Wildman–Crippen MR) is 89.8 cm³/mol. The summed E-state index contributed by atoms with van der Waals surface area (Å²) in [4.78, 5) is 31.6. The second kappa shape index (κ2) is 6.27. The Hall–Kier alpha value is -2.19. The van der Waals surface area contributed by atoms with Crippen LogP contribution >= 0.6 is 0 Å². The summed E-state index contributed by atoms with van der Waals surface area (Å²) in [5.74, 6) is 0.131. The molecule has 2 aliphatic heterocycles. The number of rotatable bonds is 4. The molecule has 0 spiro atoms. The van der Waals surface area contributed by atoms with E-state index in [1.165, 1.54) is 4.52 Å². The van der Waals surface area contributed by atoms with Gasteiger partial charge in [0.2, 0.25) is 0 Å². The Morgan fingerprint density at radius 3 is 2.88 bits per heavy atom. The van der Waals surface area contributed by atoms with Crippen LogP contribution in [-0.4, -0.2) is 58.4 Å². The van der Waals surface area contributed by atoms with Crippen molar-refractivity contribution < 1.29 is 14.3 Å². The van der Waals surface area contributed by atoms with Crippen LogP contribution in [0.2, 0.25) is 0 Å². The largest absolute Gasteiger partial charge is 0.383 e. The van der Waals surface area contributed by atoms with Crippen molar-refractivity contribution in [2.24, 2.45) is 0 Å². The van der Waals surface area contributed by atoms with Crippen molar-refractivity contribution in [3.8, 4) is 0 Å². The first-order valence-corrected chi connectivity index (χ1v) is 8.62. The predicted octanol–water partition coefficient (Wildman–Crippen LogP) is 0.907. The van der Waals surface area contributed by atoms with E-state index in [1.54, 1.807) is 12.0 Å². The number of H-pyrrole nitrogens is 1. The molecule has 2 aromatic rings. The van der Waals surface area contributed by atoms with Gasteiger partial charge in [0.15, 0.2) is 5.65 Å². The Balaban J connectivity index is 1.71. The highest BCUT2D eigenvalue weighted by Crippen LogP contribution is 2.27. The first-order valence-electron chi connectivity index (χ1n) is 8.62. The molecule has 2 aliphatic rings. The number of nitrogens with one attached hydrogen (secondary N) is 1. The lowest BCUT2D eigenvalue weighted by atomic mass is 9.97. The van der Waals surface area contributed by atoms with Crippen molar-refractivity contribution in [2.75, 3.05) is 26.9 Å². The van der Waals surface area contributed by atoms with Gasteiger partial charge < -0.3 is 14.4 Å². The topological polar surface area (TPSA) is 88.9 Å². The van der Waals surface area contributed by atoms with Crippen LogP contribution < -0.4 is 5.56 Å². The summed E-state index contributed by atoms with van der Waals surface area (Å²) in [5.41, 5.74) is 2.00. The van der Waals surface area contributed by atoms with E-state index in [-0.39, 0.29) is 29.7 Å². The average molecular weight is 346 g/mol. The van der Waals surface area contributed by atoms with Gasteiger partial charge in [-0.1, -0.05) is 0 Å². The van der Waals surface area contributed by atoms with Gasteiger partial charge in [-0.3, -0.25) is 14.7 Å². The van der Waals surface area contributed by atoms with E-state index in [9.17, 15) is 9.59 Å². The zero-order chi connectivity index (χ0) is 17.6. The molecule has 1 fully saturated rings. The lowest BCUT2D eigenvalue weighted by molar-refractivity contribution is 0.0584. The third kappa shape index (κ3) is 2.65. The van der Waals surface area contributed by atoms with E-state index >= 15 is 0 Å². The molecule has 1 amide bonds. The fourth-order valence-corrected chi connectivity index (χ4v) is 3.68. The number of methoxy groups -OCH3 is 1. The standard InChI is InChI=1S/C17H22N4O4/c1-10(9-24-2)20-8-12-15(17(20)23)18-14-7-13(19-21(14)16(12)22)11-3-5-25-6-4-11/h7,10-11,19H,3-6,8-9H2,1-2H3/t10-/m0/s1. The Morgan fingerprint density at radius 2 is 2.16 bits per heavy atom. The van der Waals surface area contributed by atoms with E-state index in [2.05, 4.69) is 10.1 Å². The van der Waals surface area contributed by atoms with E-state index in [4.69, 9.17) is 9.47 Å². The highest BCUT2D eigenvalue weighted by atomic mass is 16.5. The van der Waals surface area contributed by atoms with E-state index in [1.807, 2.05) is 13.0 Å². The molecule has 0 unspecified atom stereocenters. The second-order valence-electron chi connectivity index (χ2n) is 6.77. The number of hydrogen-bond donors (Lipinski definition) is 1. The van der Waals surface area contributed by atoms with Gasteiger partial charge in [-0.2, -0.15) is 0 Å². The highest BCUT2D eigenvalue weighted by Gasteiger charge is 2.35. The number of amides is 1. The van der Waals surface area contributed by atoms with E-state index < -0.39 is 0 Å². The third-order valence-corrected chi connectivity index (χ3v) is 5.12. The molecule has 0 saturated carbocycles. The number of hydrogen-bond acceptors (Lipinski definition) is 5. The van der Waals surface area contributed by atoms with Crippen LogP contribution in [0.4, 0.5) is 0 Å². The molecule has 25 heavy (non-hydrogen) atoms. The second-order valence-corrected chi connectivity index (χ2v) is 6.77. The molecule has 0 aromatic carbocycles. The van der Waals surface area contributed by atoms with Crippen molar-refractivity contribution in [2.45, 2.75) is 38.3 Å². The minimum atomic E-state index is -0.201. The maximum Gasteiger partial charge on any atom is 0.278 e. The number of aromatic nitrogens is 3. The van der Waals surface area contributed by atoms with Gasteiger partial charge in [-0.05, 0) is 19.8 Å². The molecule has 8 nitrogen and oxygen atoms in total. The van der Waals surface area contributed by atoms with Gasteiger partial charge in [0.1, 0.15) is 5.69 Å². The van der Waals surface area contributed by atoms with Gasteiger partial charge in [-0.25, -0.2) is 9.50 Å². The maximum atomic E-state index is 12.8. The third-order valence-electron chi connectivity index (χ3n) is 5.12.